The van der Waals surface area contributed by atoms with E-state index in [2.05, 4.69) is 4.98 Å². The number of aromatic nitrogens is 1. The summed E-state index contributed by atoms with van der Waals surface area (Å²) in [5.41, 5.74) is 7.08. The van der Waals surface area contributed by atoms with Gasteiger partial charge in [0.15, 0.2) is 0 Å². The van der Waals surface area contributed by atoms with Crippen molar-refractivity contribution in [2.45, 2.75) is 6.54 Å². The van der Waals surface area contributed by atoms with Gasteiger partial charge in [-0.25, -0.2) is 4.39 Å². The van der Waals surface area contributed by atoms with Gasteiger partial charge in [0.2, 0.25) is 5.88 Å². The van der Waals surface area contributed by atoms with E-state index in [-0.39, 0.29) is 5.82 Å². The Hall–Kier alpha value is -2.30. The Morgan fingerprint density at radius 3 is 2.79 bits per heavy atom. The number of methoxy groups -OCH3 is 1. The number of hydrogen-bond donors (Lipinski definition) is 1. The van der Waals surface area contributed by atoms with E-state index in [1.54, 1.807) is 18.2 Å². The van der Waals surface area contributed by atoms with Crippen molar-refractivity contribution < 1.29 is 9.13 Å². The first-order valence-corrected chi connectivity index (χ1v) is 5.86. The molecule has 2 N–H and O–H groups in total. The normalized spacial score (nSPS) is 10.3. The molecule has 1 aromatic carbocycles. The SMILES string of the molecule is COc1nc(N(C)Cc2cccc(F)c2)ccc1N. The van der Waals surface area contributed by atoms with Crippen LogP contribution in [0.1, 0.15) is 5.56 Å². The van der Waals surface area contributed by atoms with E-state index < -0.39 is 0 Å². The second-order valence-electron chi connectivity index (χ2n) is 4.25. The van der Waals surface area contributed by atoms with Crippen molar-refractivity contribution in [3.63, 3.8) is 0 Å². The van der Waals surface area contributed by atoms with Gasteiger partial charge in [-0.1, -0.05) is 12.1 Å². The Kier molecular flexibility index (Phi) is 3.85. The van der Waals surface area contributed by atoms with Crippen molar-refractivity contribution in [2.24, 2.45) is 0 Å². The number of anilines is 2. The Balaban J connectivity index is 2.18. The summed E-state index contributed by atoms with van der Waals surface area (Å²) in [6.07, 6.45) is 0. The minimum atomic E-state index is -0.242. The number of nitrogens with two attached hydrogens (primary N) is 1. The van der Waals surface area contributed by atoms with Crippen LogP contribution >= 0.6 is 0 Å². The first kappa shape index (κ1) is 13.1. The number of pyridine rings is 1. The molecule has 0 radical (unpaired) electrons. The molecule has 0 aliphatic rings. The van der Waals surface area contributed by atoms with Crippen molar-refractivity contribution in [1.82, 2.24) is 4.98 Å². The second kappa shape index (κ2) is 5.56. The molecule has 0 saturated carbocycles. The molecule has 0 atom stereocenters. The Bertz CT molecular complexity index is 574. The van der Waals surface area contributed by atoms with E-state index >= 15 is 0 Å². The molecule has 4 nitrogen and oxygen atoms in total. The maximum atomic E-state index is 13.1. The molecule has 2 aromatic rings. The summed E-state index contributed by atoms with van der Waals surface area (Å²) in [7, 11) is 3.40. The van der Waals surface area contributed by atoms with Crippen LogP contribution in [0.3, 0.4) is 0 Å². The molecule has 1 aromatic heterocycles. The molecule has 1 heterocycles. The average Bonchev–Trinajstić information content (AvgIpc) is 2.39. The maximum Gasteiger partial charge on any atom is 0.238 e. The topological polar surface area (TPSA) is 51.4 Å². The summed E-state index contributed by atoms with van der Waals surface area (Å²) >= 11 is 0. The van der Waals surface area contributed by atoms with E-state index in [1.165, 1.54) is 19.2 Å². The first-order valence-electron chi connectivity index (χ1n) is 5.86. The van der Waals surface area contributed by atoms with Crippen molar-refractivity contribution in [2.75, 3.05) is 24.8 Å². The number of nitrogens with zero attached hydrogens (tertiary/aromatic N) is 2. The summed E-state index contributed by atoms with van der Waals surface area (Å²) in [5, 5.41) is 0. The van der Waals surface area contributed by atoms with Crippen LogP contribution in [0.25, 0.3) is 0 Å². The lowest BCUT2D eigenvalue weighted by Crippen LogP contribution is -2.18. The van der Waals surface area contributed by atoms with Gasteiger partial charge in [0, 0.05) is 13.6 Å². The van der Waals surface area contributed by atoms with Crippen LogP contribution in [-0.2, 0) is 6.54 Å². The predicted molar refractivity (Wildman–Crippen MR) is 73.7 cm³/mol. The number of hydrogen-bond acceptors (Lipinski definition) is 4. The number of ether oxygens (including phenoxy) is 1. The van der Waals surface area contributed by atoms with E-state index in [9.17, 15) is 4.39 Å². The smallest absolute Gasteiger partial charge is 0.238 e. The van der Waals surface area contributed by atoms with Gasteiger partial charge in [0.1, 0.15) is 11.6 Å². The molecule has 0 aliphatic carbocycles. The number of halogens is 1. The average molecular weight is 261 g/mol. The molecule has 0 fully saturated rings. The largest absolute Gasteiger partial charge is 0.479 e. The Labute approximate surface area is 111 Å². The molecule has 0 aliphatic heterocycles. The molecule has 0 saturated heterocycles. The van der Waals surface area contributed by atoms with Crippen LogP contribution < -0.4 is 15.4 Å². The van der Waals surface area contributed by atoms with Gasteiger partial charge in [0.25, 0.3) is 0 Å². The third-order valence-corrected chi connectivity index (χ3v) is 2.77. The van der Waals surface area contributed by atoms with Crippen LogP contribution in [0.15, 0.2) is 36.4 Å². The molecule has 100 valence electrons. The van der Waals surface area contributed by atoms with E-state index in [0.717, 1.165) is 11.4 Å². The van der Waals surface area contributed by atoms with Gasteiger partial charge in [0.05, 0.1) is 12.8 Å². The number of benzene rings is 1. The van der Waals surface area contributed by atoms with Crippen molar-refractivity contribution in [3.8, 4) is 5.88 Å². The van der Waals surface area contributed by atoms with Crippen LogP contribution in [0.4, 0.5) is 15.9 Å². The zero-order valence-electron chi connectivity index (χ0n) is 10.9. The molecule has 19 heavy (non-hydrogen) atoms. The van der Waals surface area contributed by atoms with Gasteiger partial charge in [-0.15, -0.1) is 0 Å². The summed E-state index contributed by atoms with van der Waals surface area (Å²) < 4.78 is 18.2. The molecular weight excluding hydrogens is 245 g/mol. The summed E-state index contributed by atoms with van der Waals surface area (Å²) in [6.45, 7) is 0.553. The molecule has 0 unspecified atom stereocenters. The monoisotopic (exact) mass is 261 g/mol. The van der Waals surface area contributed by atoms with Gasteiger partial charge < -0.3 is 15.4 Å². The van der Waals surface area contributed by atoms with Gasteiger partial charge in [-0.05, 0) is 29.8 Å². The second-order valence-corrected chi connectivity index (χ2v) is 4.25. The zero-order valence-corrected chi connectivity index (χ0v) is 10.9. The predicted octanol–water partition coefficient (Wildman–Crippen LogP) is 2.45. The lowest BCUT2D eigenvalue weighted by Gasteiger charge is -2.19. The standard InChI is InChI=1S/C14H16FN3O/c1-18(9-10-4-3-5-11(15)8-10)13-7-6-12(16)14(17-13)19-2/h3-8H,9,16H2,1-2H3. The van der Waals surface area contributed by atoms with Crippen molar-refractivity contribution >= 4 is 11.5 Å². The highest BCUT2D eigenvalue weighted by atomic mass is 19.1. The fourth-order valence-corrected chi connectivity index (χ4v) is 1.81. The fraction of sp³-hybridized carbons (Fsp3) is 0.214. The highest BCUT2D eigenvalue weighted by Gasteiger charge is 2.08. The highest BCUT2D eigenvalue weighted by molar-refractivity contribution is 5.54. The summed E-state index contributed by atoms with van der Waals surface area (Å²) in [5.74, 6) is 0.868. The van der Waals surface area contributed by atoms with Crippen molar-refractivity contribution in [3.05, 3.63) is 47.8 Å². The van der Waals surface area contributed by atoms with Gasteiger partial charge in [-0.3, -0.25) is 0 Å². The molecular formula is C14H16FN3O. The first-order chi connectivity index (χ1) is 9.10. The van der Waals surface area contributed by atoms with Crippen LogP contribution in [-0.4, -0.2) is 19.1 Å². The zero-order chi connectivity index (χ0) is 13.8. The van der Waals surface area contributed by atoms with Crippen LogP contribution in [0.5, 0.6) is 5.88 Å². The van der Waals surface area contributed by atoms with E-state index in [1.807, 2.05) is 18.0 Å². The molecule has 2 rings (SSSR count). The van der Waals surface area contributed by atoms with Crippen LogP contribution in [0.2, 0.25) is 0 Å². The minimum absolute atomic E-state index is 0.242. The summed E-state index contributed by atoms with van der Waals surface area (Å²) in [4.78, 5) is 6.19. The third-order valence-electron chi connectivity index (χ3n) is 2.77. The molecule has 0 bridgehead atoms. The fourth-order valence-electron chi connectivity index (χ4n) is 1.81. The lowest BCUT2D eigenvalue weighted by molar-refractivity contribution is 0.400. The lowest BCUT2D eigenvalue weighted by atomic mass is 10.2. The minimum Gasteiger partial charge on any atom is -0.479 e. The number of nitrogen functional groups attached to an aromatic ring is 1. The summed E-state index contributed by atoms with van der Waals surface area (Å²) in [6, 6.07) is 10.0. The molecule has 5 heteroatoms. The van der Waals surface area contributed by atoms with Crippen LogP contribution in [0, 0.1) is 5.82 Å². The van der Waals surface area contributed by atoms with Crippen molar-refractivity contribution in [1.29, 1.82) is 0 Å². The molecule has 0 spiro atoms. The maximum absolute atomic E-state index is 13.1. The Morgan fingerprint density at radius 2 is 2.11 bits per heavy atom. The van der Waals surface area contributed by atoms with Gasteiger partial charge in [-0.2, -0.15) is 4.98 Å². The van der Waals surface area contributed by atoms with Gasteiger partial charge >= 0.3 is 0 Å². The quantitative estimate of drug-likeness (QED) is 0.918. The van der Waals surface area contributed by atoms with E-state index in [4.69, 9.17) is 10.5 Å². The molecule has 0 amide bonds. The van der Waals surface area contributed by atoms with E-state index in [0.29, 0.717) is 18.1 Å². The third kappa shape index (κ3) is 3.13. The highest BCUT2D eigenvalue weighted by Crippen LogP contribution is 2.23. The Morgan fingerprint density at radius 1 is 1.32 bits per heavy atom. The number of rotatable bonds is 4.